The van der Waals surface area contributed by atoms with E-state index in [1.165, 1.54) is 6.42 Å². The number of nitrogens with one attached hydrogen (secondary N) is 1. The van der Waals surface area contributed by atoms with Crippen LogP contribution in [0.25, 0.3) is 0 Å². The van der Waals surface area contributed by atoms with Crippen LogP contribution in [0.15, 0.2) is 24.3 Å². The van der Waals surface area contributed by atoms with Crippen molar-refractivity contribution in [2.24, 2.45) is 5.41 Å². The van der Waals surface area contributed by atoms with E-state index in [2.05, 4.69) is 10.2 Å². The molecule has 2 saturated heterocycles. The Morgan fingerprint density at radius 3 is 2.22 bits per heavy atom. The molecule has 1 saturated carbocycles. The van der Waals surface area contributed by atoms with Gasteiger partial charge in [-0.25, -0.2) is 0 Å². The van der Waals surface area contributed by atoms with E-state index in [0.29, 0.717) is 11.3 Å². The first kappa shape index (κ1) is 17.1. The highest BCUT2D eigenvalue weighted by Crippen LogP contribution is 2.50. The number of halogens is 2. The average molecular weight is 355 g/mol. The lowest BCUT2D eigenvalue weighted by Gasteiger charge is -2.40. The SMILES string of the molecule is Cl.O=C(N1CCC2(CCNC2)CC1)C1(c2ccc(Cl)cc2)CC1. The number of nitrogens with zero attached hydrogens (tertiary/aromatic N) is 1. The molecule has 1 aromatic rings. The third-order valence-corrected chi connectivity index (χ3v) is 6.25. The fourth-order valence-electron chi connectivity index (χ4n) is 4.23. The van der Waals surface area contributed by atoms with Crippen LogP contribution in [-0.4, -0.2) is 37.0 Å². The van der Waals surface area contributed by atoms with Crippen molar-refractivity contribution in [1.29, 1.82) is 0 Å². The van der Waals surface area contributed by atoms with Crippen LogP contribution in [0, 0.1) is 5.41 Å². The Hall–Kier alpha value is -0.770. The van der Waals surface area contributed by atoms with Crippen molar-refractivity contribution in [1.82, 2.24) is 10.2 Å². The van der Waals surface area contributed by atoms with E-state index in [1.54, 1.807) is 0 Å². The summed E-state index contributed by atoms with van der Waals surface area (Å²) in [5.74, 6) is 0.343. The summed E-state index contributed by atoms with van der Waals surface area (Å²) in [4.78, 5) is 15.2. The molecule has 1 spiro atoms. The average Bonchev–Trinajstić information content (AvgIpc) is 3.24. The molecule has 23 heavy (non-hydrogen) atoms. The topological polar surface area (TPSA) is 32.3 Å². The fraction of sp³-hybridized carbons (Fsp3) is 0.611. The Morgan fingerprint density at radius 2 is 1.70 bits per heavy atom. The van der Waals surface area contributed by atoms with Crippen LogP contribution in [0.4, 0.5) is 0 Å². The zero-order valence-corrected chi connectivity index (χ0v) is 14.9. The van der Waals surface area contributed by atoms with Gasteiger partial charge in [-0.15, -0.1) is 12.4 Å². The van der Waals surface area contributed by atoms with Crippen LogP contribution in [0.2, 0.25) is 5.02 Å². The van der Waals surface area contributed by atoms with Gasteiger partial charge in [-0.1, -0.05) is 23.7 Å². The van der Waals surface area contributed by atoms with E-state index in [4.69, 9.17) is 11.6 Å². The molecule has 5 heteroatoms. The number of carbonyl (C=O) groups excluding carboxylic acids is 1. The van der Waals surface area contributed by atoms with Gasteiger partial charge in [-0.05, 0) is 61.8 Å². The molecule has 1 aromatic carbocycles. The number of benzene rings is 1. The molecule has 4 rings (SSSR count). The highest BCUT2D eigenvalue weighted by molar-refractivity contribution is 6.30. The van der Waals surface area contributed by atoms with E-state index in [1.807, 2.05) is 24.3 Å². The van der Waals surface area contributed by atoms with Crippen LogP contribution in [0.1, 0.15) is 37.7 Å². The smallest absolute Gasteiger partial charge is 0.233 e. The Kier molecular flexibility index (Phi) is 4.65. The van der Waals surface area contributed by atoms with Gasteiger partial charge in [-0.3, -0.25) is 4.79 Å². The van der Waals surface area contributed by atoms with Gasteiger partial charge < -0.3 is 10.2 Å². The van der Waals surface area contributed by atoms with Crippen molar-refractivity contribution in [3.05, 3.63) is 34.9 Å². The largest absolute Gasteiger partial charge is 0.342 e. The van der Waals surface area contributed by atoms with Crippen molar-refractivity contribution >= 4 is 29.9 Å². The molecule has 2 aliphatic heterocycles. The molecule has 0 bridgehead atoms. The minimum absolute atomic E-state index is 0. The van der Waals surface area contributed by atoms with Crippen LogP contribution in [0.3, 0.4) is 0 Å². The van der Waals surface area contributed by atoms with Crippen molar-refractivity contribution < 1.29 is 4.79 Å². The van der Waals surface area contributed by atoms with E-state index in [0.717, 1.165) is 62.4 Å². The number of piperidine rings is 1. The predicted molar refractivity (Wildman–Crippen MR) is 95.3 cm³/mol. The third-order valence-electron chi connectivity index (χ3n) is 6.00. The lowest BCUT2D eigenvalue weighted by Crippen LogP contribution is -2.47. The van der Waals surface area contributed by atoms with Crippen molar-refractivity contribution in [2.75, 3.05) is 26.2 Å². The summed E-state index contributed by atoms with van der Waals surface area (Å²) in [5, 5.41) is 4.22. The number of amides is 1. The molecule has 0 aromatic heterocycles. The minimum Gasteiger partial charge on any atom is -0.342 e. The molecule has 1 amide bonds. The summed E-state index contributed by atoms with van der Waals surface area (Å²) in [5.41, 5.74) is 1.36. The Morgan fingerprint density at radius 1 is 1.04 bits per heavy atom. The highest BCUT2D eigenvalue weighted by Gasteiger charge is 2.53. The zero-order chi connectivity index (χ0) is 15.2. The number of hydrogen-bond donors (Lipinski definition) is 1. The molecular weight excluding hydrogens is 331 g/mol. The fourth-order valence-corrected chi connectivity index (χ4v) is 4.36. The lowest BCUT2D eigenvalue weighted by molar-refractivity contribution is -0.136. The maximum Gasteiger partial charge on any atom is 0.233 e. The summed E-state index contributed by atoms with van der Waals surface area (Å²) in [6.07, 6.45) is 5.55. The van der Waals surface area contributed by atoms with Gasteiger partial charge >= 0.3 is 0 Å². The van der Waals surface area contributed by atoms with Crippen LogP contribution in [0.5, 0.6) is 0 Å². The number of hydrogen-bond acceptors (Lipinski definition) is 2. The summed E-state index contributed by atoms with van der Waals surface area (Å²) in [7, 11) is 0. The molecule has 0 unspecified atom stereocenters. The van der Waals surface area contributed by atoms with E-state index in [-0.39, 0.29) is 17.8 Å². The molecule has 1 N–H and O–H groups in total. The summed E-state index contributed by atoms with van der Waals surface area (Å²) < 4.78 is 0. The van der Waals surface area contributed by atoms with Gasteiger partial charge in [0.05, 0.1) is 5.41 Å². The Balaban J connectivity index is 0.00000156. The Labute approximate surface area is 149 Å². The second-order valence-corrected chi connectivity index (χ2v) is 7.74. The quantitative estimate of drug-likeness (QED) is 0.882. The second kappa shape index (κ2) is 6.27. The van der Waals surface area contributed by atoms with Gasteiger partial charge in [0.25, 0.3) is 0 Å². The van der Waals surface area contributed by atoms with Crippen molar-refractivity contribution in [2.45, 2.75) is 37.5 Å². The third kappa shape index (κ3) is 2.99. The molecule has 3 aliphatic rings. The molecule has 3 nitrogen and oxygen atoms in total. The summed E-state index contributed by atoms with van der Waals surface area (Å²) in [6.45, 7) is 4.13. The van der Waals surface area contributed by atoms with Gasteiger partial charge in [-0.2, -0.15) is 0 Å². The van der Waals surface area contributed by atoms with Gasteiger partial charge in [0, 0.05) is 24.7 Å². The molecule has 2 heterocycles. The zero-order valence-electron chi connectivity index (χ0n) is 13.3. The molecule has 126 valence electrons. The Bertz CT molecular complexity index is 567. The number of carbonyl (C=O) groups is 1. The van der Waals surface area contributed by atoms with Gasteiger partial charge in [0.15, 0.2) is 0 Å². The molecule has 1 aliphatic carbocycles. The molecule has 0 radical (unpaired) electrons. The first-order valence-corrected chi connectivity index (χ1v) is 8.78. The van der Waals surface area contributed by atoms with Crippen LogP contribution in [-0.2, 0) is 10.2 Å². The maximum absolute atomic E-state index is 13.0. The number of likely N-dealkylation sites (tertiary alicyclic amines) is 1. The van der Waals surface area contributed by atoms with Crippen molar-refractivity contribution in [3.63, 3.8) is 0 Å². The predicted octanol–water partition coefficient (Wildman–Crippen LogP) is 3.40. The molecule has 3 fully saturated rings. The number of rotatable bonds is 2. The highest BCUT2D eigenvalue weighted by atomic mass is 35.5. The van der Waals surface area contributed by atoms with E-state index in [9.17, 15) is 4.79 Å². The first-order valence-electron chi connectivity index (χ1n) is 8.40. The molecule has 0 atom stereocenters. The monoisotopic (exact) mass is 354 g/mol. The summed E-state index contributed by atoms with van der Waals surface area (Å²) >= 11 is 5.98. The summed E-state index contributed by atoms with van der Waals surface area (Å²) in [6, 6.07) is 7.86. The van der Waals surface area contributed by atoms with Crippen LogP contribution >= 0.6 is 24.0 Å². The van der Waals surface area contributed by atoms with E-state index < -0.39 is 0 Å². The minimum atomic E-state index is -0.247. The second-order valence-electron chi connectivity index (χ2n) is 7.31. The van der Waals surface area contributed by atoms with Crippen molar-refractivity contribution in [3.8, 4) is 0 Å². The maximum atomic E-state index is 13.0. The molecular formula is C18H24Cl2N2O. The normalized spacial score (nSPS) is 24.3. The van der Waals surface area contributed by atoms with Gasteiger partial charge in [0.2, 0.25) is 5.91 Å². The van der Waals surface area contributed by atoms with E-state index >= 15 is 0 Å². The standard InChI is InChI=1S/C18H23ClN2O.ClH/c19-15-3-1-14(2-4-15)18(5-6-18)16(22)21-11-8-17(9-12-21)7-10-20-13-17;/h1-4,20H,5-13H2;1H. The van der Waals surface area contributed by atoms with Crippen LogP contribution < -0.4 is 5.32 Å². The lowest BCUT2D eigenvalue weighted by atomic mass is 9.77. The van der Waals surface area contributed by atoms with Gasteiger partial charge in [0.1, 0.15) is 0 Å². The first-order chi connectivity index (χ1) is 10.6.